The van der Waals surface area contributed by atoms with Gasteiger partial charge in [0.2, 0.25) is 15.9 Å². The molecular weight excluding hydrogens is 372 g/mol. The van der Waals surface area contributed by atoms with Crippen molar-refractivity contribution in [3.8, 4) is 0 Å². The highest BCUT2D eigenvalue weighted by Crippen LogP contribution is 2.14. The zero-order chi connectivity index (χ0) is 19.2. The second-order valence-corrected chi connectivity index (χ2v) is 8.74. The number of amides is 1. The number of aryl methyl sites for hydroxylation is 1. The number of thioether (sulfide) groups is 1. The number of rotatable bonds is 9. The Morgan fingerprint density at radius 2 is 1.96 bits per heavy atom. The Hall–Kier alpha value is -1.77. The number of sulfonamides is 1. The summed E-state index contributed by atoms with van der Waals surface area (Å²) in [5.74, 6) is 1.03. The highest BCUT2D eigenvalue weighted by atomic mass is 32.2. The molecule has 1 atom stereocenters. The quantitative estimate of drug-likeness (QED) is 0.705. The summed E-state index contributed by atoms with van der Waals surface area (Å²) >= 11 is 1.56. The van der Waals surface area contributed by atoms with Crippen LogP contribution in [-0.2, 0) is 21.4 Å². The van der Waals surface area contributed by atoms with Crippen molar-refractivity contribution in [3.05, 3.63) is 54.0 Å². The Morgan fingerprint density at radius 1 is 1.27 bits per heavy atom. The number of furan rings is 1. The van der Waals surface area contributed by atoms with Gasteiger partial charge in [-0.05, 0) is 49.6 Å². The maximum Gasteiger partial charge on any atom is 0.241 e. The summed E-state index contributed by atoms with van der Waals surface area (Å²) in [4.78, 5) is 14.4. The van der Waals surface area contributed by atoms with E-state index >= 15 is 0 Å². The van der Waals surface area contributed by atoms with Gasteiger partial charge in [-0.3, -0.25) is 4.79 Å². The minimum absolute atomic E-state index is 0.152. The molecule has 0 saturated carbocycles. The Labute approximate surface area is 159 Å². The fourth-order valence-electron chi connectivity index (χ4n) is 2.42. The molecule has 1 unspecified atom stereocenters. The van der Waals surface area contributed by atoms with Crippen molar-refractivity contribution in [2.75, 3.05) is 19.1 Å². The number of nitrogens with zero attached hydrogens (tertiary/aromatic N) is 1. The highest BCUT2D eigenvalue weighted by Gasteiger charge is 2.28. The molecule has 1 N–H and O–H groups in total. The van der Waals surface area contributed by atoms with E-state index in [2.05, 4.69) is 4.72 Å². The molecule has 2 aromatic rings. The number of hydrogen-bond donors (Lipinski definition) is 1. The van der Waals surface area contributed by atoms with Gasteiger partial charge in [-0.25, -0.2) is 8.42 Å². The topological polar surface area (TPSA) is 79.6 Å². The molecule has 1 aromatic heterocycles. The van der Waals surface area contributed by atoms with Gasteiger partial charge in [-0.2, -0.15) is 16.5 Å². The van der Waals surface area contributed by atoms with Crippen molar-refractivity contribution < 1.29 is 17.6 Å². The summed E-state index contributed by atoms with van der Waals surface area (Å²) in [6, 6.07) is 9.25. The van der Waals surface area contributed by atoms with Crippen LogP contribution in [0.3, 0.4) is 0 Å². The molecule has 0 radical (unpaired) electrons. The van der Waals surface area contributed by atoms with Crippen molar-refractivity contribution in [3.63, 3.8) is 0 Å². The second kappa shape index (κ2) is 9.25. The lowest BCUT2D eigenvalue weighted by Gasteiger charge is -2.24. The standard InChI is InChI=1S/C18H24N2O4S2/c1-14-6-8-16(9-7-14)26(22,23)19-17(10-12-25-3)18(21)20(2)13-15-5-4-11-24-15/h4-9,11,17,19H,10,12-13H2,1-3H3. The Morgan fingerprint density at radius 3 is 2.54 bits per heavy atom. The first-order valence-corrected chi connectivity index (χ1v) is 11.1. The third-order valence-corrected chi connectivity index (χ3v) is 6.02. The maximum absolute atomic E-state index is 12.8. The number of hydrogen-bond acceptors (Lipinski definition) is 5. The van der Waals surface area contributed by atoms with Crippen LogP contribution < -0.4 is 4.72 Å². The van der Waals surface area contributed by atoms with Crippen LogP contribution in [0, 0.1) is 6.92 Å². The van der Waals surface area contributed by atoms with Gasteiger partial charge < -0.3 is 9.32 Å². The predicted octanol–water partition coefficient (Wildman–Crippen LogP) is 2.65. The molecule has 0 aliphatic heterocycles. The molecule has 8 heteroatoms. The van der Waals surface area contributed by atoms with Crippen LogP contribution in [-0.4, -0.2) is 44.3 Å². The van der Waals surface area contributed by atoms with E-state index in [1.54, 1.807) is 61.5 Å². The molecule has 0 aliphatic carbocycles. The number of nitrogens with one attached hydrogen (secondary N) is 1. The van der Waals surface area contributed by atoms with Gasteiger partial charge in [0, 0.05) is 7.05 Å². The van der Waals surface area contributed by atoms with Crippen LogP contribution in [0.4, 0.5) is 0 Å². The third-order valence-electron chi connectivity index (χ3n) is 3.89. The summed E-state index contributed by atoms with van der Waals surface area (Å²) in [5, 5.41) is 0. The molecule has 1 amide bonds. The average molecular weight is 397 g/mol. The first-order chi connectivity index (χ1) is 12.3. The van der Waals surface area contributed by atoms with Gasteiger partial charge in [0.1, 0.15) is 11.8 Å². The van der Waals surface area contributed by atoms with E-state index in [9.17, 15) is 13.2 Å². The zero-order valence-corrected chi connectivity index (χ0v) is 16.8. The lowest BCUT2D eigenvalue weighted by atomic mass is 10.2. The van der Waals surface area contributed by atoms with Crippen molar-refractivity contribution in [2.45, 2.75) is 30.8 Å². The smallest absolute Gasteiger partial charge is 0.241 e. The van der Waals surface area contributed by atoms with E-state index in [0.717, 1.165) is 5.56 Å². The van der Waals surface area contributed by atoms with Crippen molar-refractivity contribution in [1.82, 2.24) is 9.62 Å². The van der Waals surface area contributed by atoms with Crippen LogP contribution in [0.15, 0.2) is 52.0 Å². The lowest BCUT2D eigenvalue weighted by Crippen LogP contribution is -2.47. The van der Waals surface area contributed by atoms with Gasteiger partial charge >= 0.3 is 0 Å². The van der Waals surface area contributed by atoms with Crippen LogP contribution >= 0.6 is 11.8 Å². The SMILES string of the molecule is CSCCC(NS(=O)(=O)c1ccc(C)cc1)C(=O)N(C)Cc1ccco1. The number of carbonyl (C=O) groups excluding carboxylic acids is 1. The third kappa shape index (κ3) is 5.62. The molecule has 1 aromatic carbocycles. The maximum atomic E-state index is 12.8. The molecule has 0 bridgehead atoms. The minimum Gasteiger partial charge on any atom is -0.467 e. The summed E-state index contributed by atoms with van der Waals surface area (Å²) in [7, 11) is -2.14. The van der Waals surface area contributed by atoms with E-state index in [1.165, 1.54) is 4.90 Å². The average Bonchev–Trinajstić information content (AvgIpc) is 3.11. The van der Waals surface area contributed by atoms with Crippen molar-refractivity contribution >= 4 is 27.7 Å². The van der Waals surface area contributed by atoms with Crippen molar-refractivity contribution in [2.24, 2.45) is 0 Å². The van der Waals surface area contributed by atoms with E-state index in [-0.39, 0.29) is 17.3 Å². The van der Waals surface area contributed by atoms with Gasteiger partial charge in [0.25, 0.3) is 0 Å². The number of benzene rings is 1. The molecule has 0 aliphatic rings. The molecule has 6 nitrogen and oxygen atoms in total. The Balaban J connectivity index is 2.14. The lowest BCUT2D eigenvalue weighted by molar-refractivity contribution is -0.132. The predicted molar refractivity (Wildman–Crippen MR) is 103 cm³/mol. The molecule has 2 rings (SSSR count). The number of carbonyl (C=O) groups is 1. The van der Waals surface area contributed by atoms with E-state index < -0.39 is 16.1 Å². The second-order valence-electron chi connectivity index (χ2n) is 6.04. The first-order valence-electron chi connectivity index (χ1n) is 8.19. The summed E-state index contributed by atoms with van der Waals surface area (Å²) in [5.41, 5.74) is 0.970. The zero-order valence-electron chi connectivity index (χ0n) is 15.1. The molecule has 1 heterocycles. The van der Waals surface area contributed by atoms with Crippen LogP contribution in [0.5, 0.6) is 0 Å². The molecule has 0 fully saturated rings. The monoisotopic (exact) mass is 396 g/mol. The van der Waals surface area contributed by atoms with Crippen LogP contribution in [0.2, 0.25) is 0 Å². The van der Waals surface area contributed by atoms with Gasteiger partial charge in [0.05, 0.1) is 17.7 Å². The number of likely N-dealkylation sites (N-methyl/N-ethyl adjacent to an activating group) is 1. The largest absolute Gasteiger partial charge is 0.467 e. The first kappa shape index (κ1) is 20.5. The molecule has 0 spiro atoms. The van der Waals surface area contributed by atoms with Gasteiger partial charge in [0.15, 0.2) is 0 Å². The van der Waals surface area contributed by atoms with Gasteiger partial charge in [-0.1, -0.05) is 17.7 Å². The minimum atomic E-state index is -3.78. The van der Waals surface area contributed by atoms with Crippen molar-refractivity contribution in [1.29, 1.82) is 0 Å². The van der Waals surface area contributed by atoms with E-state index in [4.69, 9.17) is 4.42 Å². The Bertz CT molecular complexity index is 802. The van der Waals surface area contributed by atoms with E-state index in [1.807, 2.05) is 13.2 Å². The van der Waals surface area contributed by atoms with E-state index in [0.29, 0.717) is 17.9 Å². The highest BCUT2D eigenvalue weighted by molar-refractivity contribution is 7.98. The van der Waals surface area contributed by atoms with Gasteiger partial charge in [-0.15, -0.1) is 0 Å². The summed E-state index contributed by atoms with van der Waals surface area (Å²) in [6.07, 6.45) is 3.87. The molecule has 142 valence electrons. The summed E-state index contributed by atoms with van der Waals surface area (Å²) in [6.45, 7) is 2.17. The Kier molecular flexibility index (Phi) is 7.31. The fraction of sp³-hybridized carbons (Fsp3) is 0.389. The molecule has 0 saturated heterocycles. The molecular formula is C18H24N2O4S2. The summed E-state index contributed by atoms with van der Waals surface area (Å²) < 4.78 is 33.1. The fourth-order valence-corrected chi connectivity index (χ4v) is 4.12. The van der Waals surface area contributed by atoms with Crippen LogP contribution in [0.25, 0.3) is 0 Å². The van der Waals surface area contributed by atoms with Crippen LogP contribution in [0.1, 0.15) is 17.7 Å². The normalized spacial score (nSPS) is 12.7. The molecule has 26 heavy (non-hydrogen) atoms.